The highest BCUT2D eigenvalue weighted by Gasteiger charge is 2.35. The largest absolute Gasteiger partial charge is 0.324 e. The molecule has 1 fully saturated rings. The van der Waals surface area contributed by atoms with Crippen LogP contribution in [0.25, 0.3) is 5.70 Å². The molecule has 2 aromatic carbocycles. The fourth-order valence-corrected chi connectivity index (χ4v) is 3.83. The molecule has 1 N–H and O–H groups in total. The molecule has 7 nitrogen and oxygen atoms in total. The number of amides is 2. The summed E-state index contributed by atoms with van der Waals surface area (Å²) in [5, 5.41) is 7.80. The average Bonchev–Trinajstić information content (AvgIpc) is 3.30. The molecule has 0 bridgehead atoms. The standard InChI is InChI=1S/C21H16BrN5O2/c22-15-8-6-13(7-9-15)16-12-17(14-4-2-1-3-5-14)27-20(23-16)24-21(25-27)26-18(28)10-11-19(26)29/h1-9,12,17H,10-11H2,(H,23,24,25)/t17-/m1/s1. The number of allylic oxidation sites excluding steroid dienone is 1. The van der Waals surface area contributed by atoms with Gasteiger partial charge in [0.2, 0.25) is 17.8 Å². The number of hydrogen-bond donors (Lipinski definition) is 1. The van der Waals surface area contributed by atoms with Crippen molar-refractivity contribution in [2.75, 3.05) is 10.2 Å². The number of fused-ring (bicyclic) bond motifs is 1. The Labute approximate surface area is 175 Å². The topological polar surface area (TPSA) is 80.1 Å². The minimum Gasteiger partial charge on any atom is -0.324 e. The monoisotopic (exact) mass is 449 g/mol. The minimum absolute atomic E-state index is 0.117. The summed E-state index contributed by atoms with van der Waals surface area (Å²) in [6.45, 7) is 0. The van der Waals surface area contributed by atoms with E-state index in [1.165, 1.54) is 0 Å². The van der Waals surface area contributed by atoms with Gasteiger partial charge in [-0.05, 0) is 29.3 Å². The van der Waals surface area contributed by atoms with E-state index in [1.54, 1.807) is 4.68 Å². The molecule has 2 aliphatic rings. The highest BCUT2D eigenvalue weighted by molar-refractivity contribution is 9.10. The molecule has 3 heterocycles. The van der Waals surface area contributed by atoms with Crippen LogP contribution in [0.3, 0.4) is 0 Å². The Morgan fingerprint density at radius 2 is 1.66 bits per heavy atom. The van der Waals surface area contributed by atoms with Crippen LogP contribution in [-0.2, 0) is 9.59 Å². The van der Waals surface area contributed by atoms with Gasteiger partial charge in [0.05, 0.1) is 0 Å². The molecule has 5 rings (SSSR count). The number of carbonyl (C=O) groups is 2. The minimum atomic E-state index is -0.268. The van der Waals surface area contributed by atoms with Crippen LogP contribution in [0, 0.1) is 0 Å². The second kappa shape index (κ2) is 6.97. The van der Waals surface area contributed by atoms with Gasteiger partial charge in [0.25, 0.3) is 5.95 Å². The maximum Gasteiger partial charge on any atom is 0.260 e. The Kier molecular flexibility index (Phi) is 4.28. The summed E-state index contributed by atoms with van der Waals surface area (Å²) >= 11 is 3.46. The predicted molar refractivity (Wildman–Crippen MR) is 112 cm³/mol. The summed E-state index contributed by atoms with van der Waals surface area (Å²) in [7, 11) is 0. The molecule has 2 aliphatic heterocycles. The first-order valence-electron chi connectivity index (χ1n) is 9.22. The quantitative estimate of drug-likeness (QED) is 0.615. The van der Waals surface area contributed by atoms with Gasteiger partial charge in [0, 0.05) is 23.0 Å². The molecule has 0 aliphatic carbocycles. The maximum atomic E-state index is 12.1. The number of hydrogen-bond acceptors (Lipinski definition) is 5. The van der Waals surface area contributed by atoms with Crippen molar-refractivity contribution in [2.24, 2.45) is 0 Å². The van der Waals surface area contributed by atoms with Crippen LogP contribution >= 0.6 is 15.9 Å². The van der Waals surface area contributed by atoms with E-state index in [0.29, 0.717) is 5.95 Å². The van der Waals surface area contributed by atoms with Crippen molar-refractivity contribution in [2.45, 2.75) is 18.9 Å². The van der Waals surface area contributed by atoms with Crippen molar-refractivity contribution in [1.29, 1.82) is 0 Å². The Balaban J connectivity index is 1.61. The fraction of sp³-hybridized carbons (Fsp3) is 0.143. The lowest BCUT2D eigenvalue weighted by Crippen LogP contribution is -2.29. The second-order valence-electron chi connectivity index (χ2n) is 6.87. The predicted octanol–water partition coefficient (Wildman–Crippen LogP) is 3.75. The Hall–Kier alpha value is -3.26. The zero-order valence-electron chi connectivity index (χ0n) is 15.2. The molecule has 144 valence electrons. The molecule has 1 saturated heterocycles. The van der Waals surface area contributed by atoms with Crippen molar-refractivity contribution < 1.29 is 9.59 Å². The average molecular weight is 450 g/mol. The third kappa shape index (κ3) is 3.15. The molecule has 0 spiro atoms. The van der Waals surface area contributed by atoms with Crippen LogP contribution in [0.5, 0.6) is 0 Å². The smallest absolute Gasteiger partial charge is 0.260 e. The van der Waals surface area contributed by atoms with Gasteiger partial charge in [-0.2, -0.15) is 4.98 Å². The number of benzene rings is 2. The molecule has 3 aromatic rings. The Morgan fingerprint density at radius 3 is 2.34 bits per heavy atom. The first-order valence-corrected chi connectivity index (χ1v) is 10.0. The molecule has 1 aromatic heterocycles. The van der Waals surface area contributed by atoms with E-state index in [9.17, 15) is 9.59 Å². The number of anilines is 2. The van der Waals surface area contributed by atoms with E-state index in [1.807, 2.05) is 54.6 Å². The highest BCUT2D eigenvalue weighted by Crippen LogP contribution is 2.34. The summed E-state index contributed by atoms with van der Waals surface area (Å²) in [5.41, 5.74) is 2.91. The van der Waals surface area contributed by atoms with Crippen LogP contribution in [0.4, 0.5) is 11.9 Å². The van der Waals surface area contributed by atoms with E-state index >= 15 is 0 Å². The molecule has 8 heteroatoms. The number of carbonyl (C=O) groups excluding carboxylic acids is 2. The summed E-state index contributed by atoms with van der Waals surface area (Å²) < 4.78 is 2.71. The van der Waals surface area contributed by atoms with Crippen molar-refractivity contribution in [3.63, 3.8) is 0 Å². The van der Waals surface area contributed by atoms with Gasteiger partial charge in [0.1, 0.15) is 6.04 Å². The highest BCUT2D eigenvalue weighted by atomic mass is 79.9. The number of aromatic nitrogens is 3. The van der Waals surface area contributed by atoms with Crippen LogP contribution in [-0.4, -0.2) is 26.6 Å². The normalized spacial score (nSPS) is 18.4. The van der Waals surface area contributed by atoms with Crippen molar-refractivity contribution >= 4 is 45.3 Å². The summed E-state index contributed by atoms with van der Waals surface area (Å²) in [5.74, 6) is 0.0683. The van der Waals surface area contributed by atoms with Gasteiger partial charge in [-0.3, -0.25) is 9.59 Å². The van der Waals surface area contributed by atoms with Crippen LogP contribution in [0.15, 0.2) is 65.1 Å². The molecular weight excluding hydrogens is 434 g/mol. The van der Waals surface area contributed by atoms with Crippen LogP contribution in [0.1, 0.15) is 30.0 Å². The number of rotatable bonds is 3. The number of nitrogens with zero attached hydrogens (tertiary/aromatic N) is 4. The van der Waals surface area contributed by atoms with Crippen molar-refractivity contribution in [3.05, 3.63) is 76.3 Å². The molecule has 0 unspecified atom stereocenters. The van der Waals surface area contributed by atoms with Gasteiger partial charge in [0.15, 0.2) is 0 Å². The molecular formula is C21H16BrN5O2. The van der Waals surface area contributed by atoms with E-state index in [0.717, 1.165) is 26.2 Å². The first-order chi connectivity index (χ1) is 14.1. The maximum absolute atomic E-state index is 12.1. The summed E-state index contributed by atoms with van der Waals surface area (Å²) in [4.78, 5) is 29.8. The lowest BCUT2D eigenvalue weighted by atomic mass is 10.0. The molecule has 1 atom stereocenters. The van der Waals surface area contributed by atoms with Gasteiger partial charge in [-0.1, -0.05) is 58.4 Å². The third-order valence-electron chi connectivity index (χ3n) is 5.00. The SMILES string of the molecule is O=C1CCC(=O)N1c1nc2n(n1)[C@@H](c1ccccc1)C=C(c1ccc(Br)cc1)N2. The number of nitrogens with one attached hydrogen (secondary N) is 1. The second-order valence-corrected chi connectivity index (χ2v) is 7.79. The van der Waals surface area contributed by atoms with Crippen LogP contribution < -0.4 is 10.2 Å². The van der Waals surface area contributed by atoms with E-state index < -0.39 is 0 Å². The van der Waals surface area contributed by atoms with Crippen molar-refractivity contribution in [3.8, 4) is 0 Å². The first kappa shape index (κ1) is 17.8. The van der Waals surface area contributed by atoms with E-state index in [4.69, 9.17) is 0 Å². The fourth-order valence-electron chi connectivity index (χ4n) is 3.56. The molecule has 0 radical (unpaired) electrons. The molecule has 29 heavy (non-hydrogen) atoms. The zero-order chi connectivity index (χ0) is 20.0. The summed E-state index contributed by atoms with van der Waals surface area (Å²) in [6, 6.07) is 17.7. The van der Waals surface area contributed by atoms with Crippen molar-refractivity contribution in [1.82, 2.24) is 14.8 Å². The molecule has 0 saturated carbocycles. The lowest BCUT2D eigenvalue weighted by molar-refractivity contribution is -0.121. The third-order valence-corrected chi connectivity index (χ3v) is 5.53. The van der Waals surface area contributed by atoms with Gasteiger partial charge >= 0.3 is 0 Å². The number of imide groups is 1. The van der Waals surface area contributed by atoms with Gasteiger partial charge < -0.3 is 5.32 Å². The lowest BCUT2D eigenvalue weighted by Gasteiger charge is -2.24. The Bertz CT molecular complexity index is 1120. The number of halogens is 1. The van der Waals surface area contributed by atoms with E-state index in [-0.39, 0.29) is 36.6 Å². The van der Waals surface area contributed by atoms with E-state index in [2.05, 4.69) is 37.4 Å². The van der Waals surface area contributed by atoms with Crippen LogP contribution in [0.2, 0.25) is 0 Å². The zero-order valence-corrected chi connectivity index (χ0v) is 16.8. The summed E-state index contributed by atoms with van der Waals surface area (Å²) in [6.07, 6.45) is 2.46. The van der Waals surface area contributed by atoms with Gasteiger partial charge in [-0.25, -0.2) is 9.58 Å². The Morgan fingerprint density at radius 1 is 0.966 bits per heavy atom. The molecule has 2 amide bonds. The van der Waals surface area contributed by atoms with Gasteiger partial charge in [-0.15, -0.1) is 5.10 Å².